The molecule has 0 aliphatic carbocycles. The third-order valence-corrected chi connectivity index (χ3v) is 5.30. The van der Waals surface area contributed by atoms with E-state index < -0.39 is 0 Å². The second kappa shape index (κ2) is 20.2. The fraction of sp³-hybridized carbons (Fsp3) is 0.917. The normalized spacial score (nSPS) is 12.2. The Morgan fingerprint density at radius 1 is 0.724 bits per heavy atom. The van der Waals surface area contributed by atoms with E-state index in [2.05, 4.69) is 16.6 Å². The number of ether oxygens (including phenoxy) is 2. The minimum Gasteiger partial charge on any atom is -0.469 e. The Labute approximate surface area is 179 Å². The lowest BCUT2D eigenvalue weighted by molar-refractivity contribution is -0.150. The molecule has 0 saturated heterocycles. The van der Waals surface area contributed by atoms with Gasteiger partial charge in [0.2, 0.25) is 0 Å². The van der Waals surface area contributed by atoms with Gasteiger partial charge in [0.05, 0.1) is 7.11 Å². The molecule has 5 nitrogen and oxygen atoms in total. The maximum absolute atomic E-state index is 12.2. The van der Waals surface area contributed by atoms with E-state index in [0.717, 1.165) is 57.9 Å². The van der Waals surface area contributed by atoms with Crippen LogP contribution in [0.3, 0.4) is 0 Å². The summed E-state index contributed by atoms with van der Waals surface area (Å²) in [5.74, 6) is -0.182. The van der Waals surface area contributed by atoms with Gasteiger partial charge >= 0.3 is 11.9 Å². The maximum atomic E-state index is 12.2. The van der Waals surface area contributed by atoms with Crippen LogP contribution < -0.4 is 0 Å². The average Bonchev–Trinajstić information content (AvgIpc) is 2.68. The zero-order valence-corrected chi connectivity index (χ0v) is 19.7. The van der Waals surface area contributed by atoms with Gasteiger partial charge < -0.3 is 14.4 Å². The molecule has 0 heterocycles. The van der Waals surface area contributed by atoms with Crippen molar-refractivity contribution in [3.63, 3.8) is 0 Å². The summed E-state index contributed by atoms with van der Waals surface area (Å²) in [5, 5.41) is 0. The number of hydrogen-bond donors (Lipinski definition) is 0. The van der Waals surface area contributed by atoms with Crippen molar-refractivity contribution in [2.45, 2.75) is 116 Å². The number of nitrogens with zero attached hydrogens (tertiary/aromatic N) is 1. The minimum atomic E-state index is -0.131. The fourth-order valence-electron chi connectivity index (χ4n) is 3.47. The van der Waals surface area contributed by atoms with Gasteiger partial charge in [0, 0.05) is 12.8 Å². The zero-order valence-electron chi connectivity index (χ0n) is 19.7. The van der Waals surface area contributed by atoms with Gasteiger partial charge in [-0.2, -0.15) is 0 Å². The highest BCUT2D eigenvalue weighted by Crippen LogP contribution is 2.17. The first kappa shape index (κ1) is 27.9. The number of unbranched alkanes of at least 4 members (excludes halogenated alkanes) is 9. The Bertz CT molecular complexity index is 398. The molecular weight excluding hydrogens is 366 g/mol. The first-order chi connectivity index (χ1) is 14.0. The molecule has 0 spiro atoms. The van der Waals surface area contributed by atoms with Crippen LogP contribution in [-0.2, 0) is 19.1 Å². The molecule has 0 bridgehead atoms. The van der Waals surface area contributed by atoms with Crippen molar-refractivity contribution in [1.29, 1.82) is 0 Å². The quantitative estimate of drug-likeness (QED) is 0.184. The lowest BCUT2D eigenvalue weighted by Crippen LogP contribution is -2.20. The monoisotopic (exact) mass is 413 g/mol. The lowest BCUT2D eigenvalue weighted by Gasteiger charge is -2.18. The van der Waals surface area contributed by atoms with Crippen molar-refractivity contribution in [3.05, 3.63) is 0 Å². The number of carbonyl (C=O) groups excluding carboxylic acids is 2. The molecule has 0 aliphatic rings. The van der Waals surface area contributed by atoms with Crippen LogP contribution in [0.15, 0.2) is 0 Å². The molecule has 0 amide bonds. The van der Waals surface area contributed by atoms with Crippen LogP contribution in [0.5, 0.6) is 0 Å². The summed E-state index contributed by atoms with van der Waals surface area (Å²) >= 11 is 0. The summed E-state index contributed by atoms with van der Waals surface area (Å²) in [5.41, 5.74) is 0. The second-order valence-corrected chi connectivity index (χ2v) is 8.46. The first-order valence-electron chi connectivity index (χ1n) is 11.9. The molecule has 0 radical (unpaired) electrons. The Morgan fingerprint density at radius 2 is 1.24 bits per heavy atom. The first-order valence-corrected chi connectivity index (χ1v) is 11.9. The molecule has 1 atom stereocenters. The third kappa shape index (κ3) is 20.0. The molecule has 0 aromatic rings. The zero-order chi connectivity index (χ0) is 21.7. The van der Waals surface area contributed by atoms with E-state index >= 15 is 0 Å². The van der Waals surface area contributed by atoms with E-state index in [1.807, 2.05) is 14.1 Å². The summed E-state index contributed by atoms with van der Waals surface area (Å²) < 4.78 is 10.5. The van der Waals surface area contributed by atoms with Gasteiger partial charge in [-0.25, -0.2) is 0 Å². The predicted octanol–water partition coefficient (Wildman–Crippen LogP) is 5.89. The molecule has 0 aromatic heterocycles. The van der Waals surface area contributed by atoms with Crippen LogP contribution in [0.25, 0.3) is 0 Å². The van der Waals surface area contributed by atoms with Gasteiger partial charge in [0.15, 0.2) is 0 Å². The average molecular weight is 414 g/mol. The molecule has 172 valence electrons. The van der Waals surface area contributed by atoms with E-state index in [1.54, 1.807) is 0 Å². The Morgan fingerprint density at radius 3 is 1.79 bits per heavy atom. The van der Waals surface area contributed by atoms with Crippen molar-refractivity contribution in [2.75, 3.05) is 27.7 Å². The summed E-state index contributed by atoms with van der Waals surface area (Å²) in [7, 11) is 5.48. The van der Waals surface area contributed by atoms with Crippen LogP contribution in [0, 0.1) is 0 Å². The van der Waals surface area contributed by atoms with Crippen LogP contribution in [0.4, 0.5) is 0 Å². The van der Waals surface area contributed by atoms with Crippen LogP contribution in [0.1, 0.15) is 110 Å². The highest BCUT2D eigenvalue weighted by molar-refractivity contribution is 5.69. The molecular formula is C24H47NO4. The number of esters is 2. The fourth-order valence-corrected chi connectivity index (χ4v) is 3.47. The maximum Gasteiger partial charge on any atom is 0.306 e. The van der Waals surface area contributed by atoms with Gasteiger partial charge in [-0.3, -0.25) is 9.59 Å². The second-order valence-electron chi connectivity index (χ2n) is 8.46. The van der Waals surface area contributed by atoms with E-state index in [-0.39, 0.29) is 18.0 Å². The van der Waals surface area contributed by atoms with Crippen molar-refractivity contribution in [3.8, 4) is 0 Å². The number of carbonyl (C=O) groups is 2. The van der Waals surface area contributed by atoms with Gasteiger partial charge in [-0.15, -0.1) is 0 Å². The van der Waals surface area contributed by atoms with E-state index in [4.69, 9.17) is 4.74 Å². The van der Waals surface area contributed by atoms with Crippen molar-refractivity contribution in [2.24, 2.45) is 0 Å². The standard InChI is InChI=1S/C24H47NO4/c1-5-6-7-8-9-10-13-17-22(29-24(27)20-16-21-25(2)3)18-14-11-12-15-19-23(26)28-4/h22H,5-21H2,1-4H3. The van der Waals surface area contributed by atoms with E-state index in [9.17, 15) is 9.59 Å². The molecule has 0 fully saturated rings. The number of rotatable bonds is 20. The number of hydrogen-bond acceptors (Lipinski definition) is 5. The van der Waals surface area contributed by atoms with Gasteiger partial charge in [-0.05, 0) is 59.2 Å². The third-order valence-electron chi connectivity index (χ3n) is 5.30. The molecule has 29 heavy (non-hydrogen) atoms. The molecule has 0 saturated carbocycles. The SMILES string of the molecule is CCCCCCCCCC(CCCCCCC(=O)OC)OC(=O)CCCN(C)C. The molecule has 0 aromatic carbocycles. The van der Waals surface area contributed by atoms with Gasteiger partial charge in [0.25, 0.3) is 0 Å². The van der Waals surface area contributed by atoms with Crippen molar-refractivity contribution < 1.29 is 19.1 Å². The smallest absolute Gasteiger partial charge is 0.306 e. The molecule has 5 heteroatoms. The topological polar surface area (TPSA) is 55.8 Å². The minimum absolute atomic E-state index is 0.0505. The Balaban J connectivity index is 4.09. The Kier molecular flexibility index (Phi) is 19.4. The molecule has 0 rings (SSSR count). The summed E-state index contributed by atoms with van der Waals surface area (Å²) in [4.78, 5) is 25.4. The van der Waals surface area contributed by atoms with Gasteiger partial charge in [0.1, 0.15) is 6.10 Å². The Hall–Kier alpha value is -1.10. The van der Waals surface area contributed by atoms with Crippen molar-refractivity contribution in [1.82, 2.24) is 4.90 Å². The summed E-state index contributed by atoms with van der Waals surface area (Å²) in [6.45, 7) is 3.16. The lowest BCUT2D eigenvalue weighted by atomic mass is 10.0. The summed E-state index contributed by atoms with van der Waals surface area (Å²) in [6.07, 6.45) is 16.8. The van der Waals surface area contributed by atoms with Crippen LogP contribution >= 0.6 is 0 Å². The van der Waals surface area contributed by atoms with Crippen LogP contribution in [0.2, 0.25) is 0 Å². The highest BCUT2D eigenvalue weighted by Gasteiger charge is 2.14. The molecule has 0 aliphatic heterocycles. The molecule has 1 unspecified atom stereocenters. The predicted molar refractivity (Wildman–Crippen MR) is 120 cm³/mol. The molecule has 0 N–H and O–H groups in total. The van der Waals surface area contributed by atoms with E-state index in [1.165, 1.54) is 45.6 Å². The largest absolute Gasteiger partial charge is 0.469 e. The highest BCUT2D eigenvalue weighted by atomic mass is 16.5. The van der Waals surface area contributed by atoms with Crippen LogP contribution in [-0.4, -0.2) is 50.7 Å². The van der Waals surface area contributed by atoms with Gasteiger partial charge in [-0.1, -0.05) is 58.3 Å². The van der Waals surface area contributed by atoms with Crippen molar-refractivity contribution >= 4 is 11.9 Å². The number of methoxy groups -OCH3 is 1. The van der Waals surface area contributed by atoms with E-state index in [0.29, 0.717) is 12.8 Å². The summed E-state index contributed by atoms with van der Waals surface area (Å²) in [6, 6.07) is 0.